The van der Waals surface area contributed by atoms with Crippen LogP contribution in [0.1, 0.15) is 45.9 Å². The third-order valence-electron chi connectivity index (χ3n) is 5.37. The van der Waals surface area contributed by atoms with Crippen LogP contribution in [0.2, 0.25) is 0 Å². The van der Waals surface area contributed by atoms with Gasteiger partial charge in [-0.05, 0) is 55.0 Å². The number of hydrogen-bond donors (Lipinski definition) is 2. The Balaban J connectivity index is 1.59. The van der Waals surface area contributed by atoms with Crippen molar-refractivity contribution in [3.8, 4) is 0 Å². The predicted molar refractivity (Wildman–Crippen MR) is 102 cm³/mol. The lowest BCUT2D eigenvalue weighted by Gasteiger charge is -2.27. The molecule has 0 radical (unpaired) electrons. The number of anilines is 1. The summed E-state index contributed by atoms with van der Waals surface area (Å²) in [6, 6.07) is 13.8. The highest BCUT2D eigenvalue weighted by atomic mass is 16.2. The number of rotatable bonds is 3. The van der Waals surface area contributed by atoms with E-state index in [1.165, 1.54) is 11.1 Å². The number of benzene rings is 2. The van der Waals surface area contributed by atoms with Crippen molar-refractivity contribution in [1.82, 2.24) is 10.6 Å². The Labute approximate surface area is 153 Å². The first-order valence-electron chi connectivity index (χ1n) is 9.19. The molecule has 2 aromatic rings. The van der Waals surface area contributed by atoms with Gasteiger partial charge in [-0.15, -0.1) is 0 Å². The van der Waals surface area contributed by atoms with Gasteiger partial charge in [0.1, 0.15) is 0 Å². The van der Waals surface area contributed by atoms with Crippen LogP contribution >= 0.6 is 0 Å². The second-order valence-electron chi connectivity index (χ2n) is 6.95. The van der Waals surface area contributed by atoms with Crippen LogP contribution in [-0.4, -0.2) is 25.0 Å². The second-order valence-corrected chi connectivity index (χ2v) is 6.95. The van der Waals surface area contributed by atoms with Crippen molar-refractivity contribution < 1.29 is 9.59 Å². The van der Waals surface area contributed by atoms with E-state index in [9.17, 15) is 9.59 Å². The molecule has 1 heterocycles. The zero-order valence-corrected chi connectivity index (χ0v) is 14.9. The van der Waals surface area contributed by atoms with Crippen LogP contribution in [-0.2, 0) is 6.42 Å². The predicted octanol–water partition coefficient (Wildman–Crippen LogP) is 3.33. The SMILES string of the molecule is Cc1c(C(=O)NC2CCCc3ccccc32)cccc1N1CCNC1=O. The highest BCUT2D eigenvalue weighted by Crippen LogP contribution is 2.30. The van der Waals surface area contributed by atoms with Gasteiger partial charge in [0, 0.05) is 24.3 Å². The summed E-state index contributed by atoms with van der Waals surface area (Å²) < 4.78 is 0. The first-order valence-corrected chi connectivity index (χ1v) is 9.19. The van der Waals surface area contributed by atoms with Gasteiger partial charge in [0.15, 0.2) is 0 Å². The van der Waals surface area contributed by atoms with Crippen molar-refractivity contribution in [1.29, 1.82) is 0 Å². The quantitative estimate of drug-likeness (QED) is 0.893. The number of amides is 3. The summed E-state index contributed by atoms with van der Waals surface area (Å²) in [4.78, 5) is 26.6. The standard InChI is InChI=1S/C21H23N3O2/c1-14-16(9-5-11-19(14)24-13-12-22-21(24)26)20(25)23-18-10-4-7-15-6-2-3-8-17(15)18/h2-3,5-6,8-9,11,18H,4,7,10,12-13H2,1H3,(H,22,26)(H,23,25). The number of fused-ring (bicyclic) bond motifs is 1. The van der Waals surface area contributed by atoms with Gasteiger partial charge >= 0.3 is 6.03 Å². The van der Waals surface area contributed by atoms with E-state index < -0.39 is 0 Å². The molecule has 3 amide bonds. The monoisotopic (exact) mass is 349 g/mol. The molecule has 2 aliphatic rings. The lowest BCUT2D eigenvalue weighted by Crippen LogP contribution is -2.32. The zero-order valence-electron chi connectivity index (χ0n) is 14.9. The fourth-order valence-electron chi connectivity index (χ4n) is 4.00. The minimum atomic E-state index is -0.105. The van der Waals surface area contributed by atoms with Gasteiger partial charge < -0.3 is 10.6 Å². The summed E-state index contributed by atoms with van der Waals surface area (Å²) in [5.41, 5.74) is 4.82. The second kappa shape index (κ2) is 6.83. The molecule has 2 N–H and O–H groups in total. The number of nitrogens with one attached hydrogen (secondary N) is 2. The van der Waals surface area contributed by atoms with E-state index >= 15 is 0 Å². The molecule has 134 valence electrons. The highest BCUT2D eigenvalue weighted by molar-refractivity contribution is 6.00. The maximum absolute atomic E-state index is 13.0. The van der Waals surface area contributed by atoms with Crippen LogP contribution in [0.4, 0.5) is 10.5 Å². The number of aryl methyl sites for hydroxylation is 1. The van der Waals surface area contributed by atoms with Crippen molar-refractivity contribution in [3.05, 3.63) is 64.7 Å². The smallest absolute Gasteiger partial charge is 0.322 e. The molecule has 0 saturated carbocycles. The lowest BCUT2D eigenvalue weighted by molar-refractivity contribution is 0.0932. The molecule has 0 bridgehead atoms. The summed E-state index contributed by atoms with van der Waals surface area (Å²) in [5.74, 6) is -0.0781. The van der Waals surface area contributed by atoms with Gasteiger partial charge in [0.05, 0.1) is 6.04 Å². The van der Waals surface area contributed by atoms with Crippen molar-refractivity contribution in [2.45, 2.75) is 32.2 Å². The summed E-state index contributed by atoms with van der Waals surface area (Å²) in [6.07, 6.45) is 3.10. The highest BCUT2D eigenvalue weighted by Gasteiger charge is 2.26. The van der Waals surface area contributed by atoms with E-state index in [-0.39, 0.29) is 18.0 Å². The maximum Gasteiger partial charge on any atom is 0.322 e. The van der Waals surface area contributed by atoms with Crippen molar-refractivity contribution >= 4 is 17.6 Å². The minimum Gasteiger partial charge on any atom is -0.345 e. The molecule has 0 aromatic heterocycles. The molecule has 1 aliphatic carbocycles. The van der Waals surface area contributed by atoms with Crippen LogP contribution in [0.5, 0.6) is 0 Å². The largest absolute Gasteiger partial charge is 0.345 e. The first-order chi connectivity index (χ1) is 12.6. The molecule has 1 unspecified atom stereocenters. The number of carbonyl (C=O) groups excluding carboxylic acids is 2. The van der Waals surface area contributed by atoms with Gasteiger partial charge in [0.2, 0.25) is 0 Å². The molecule has 4 rings (SSSR count). The normalized spacial score (nSPS) is 19.0. The van der Waals surface area contributed by atoms with Gasteiger partial charge in [-0.25, -0.2) is 4.79 Å². The summed E-state index contributed by atoms with van der Waals surface area (Å²) >= 11 is 0. The summed E-state index contributed by atoms with van der Waals surface area (Å²) in [7, 11) is 0. The Morgan fingerprint density at radius 3 is 2.85 bits per heavy atom. The topological polar surface area (TPSA) is 61.4 Å². The minimum absolute atomic E-state index is 0.0468. The van der Waals surface area contributed by atoms with Gasteiger partial charge in [-0.3, -0.25) is 9.69 Å². The Kier molecular flexibility index (Phi) is 4.37. The van der Waals surface area contributed by atoms with Crippen molar-refractivity contribution in [2.75, 3.05) is 18.0 Å². The molecular weight excluding hydrogens is 326 g/mol. The van der Waals surface area contributed by atoms with Crippen molar-refractivity contribution in [2.24, 2.45) is 0 Å². The Bertz CT molecular complexity index is 862. The summed E-state index contributed by atoms with van der Waals surface area (Å²) in [6.45, 7) is 3.17. The van der Waals surface area contributed by atoms with E-state index in [0.29, 0.717) is 18.7 Å². The zero-order chi connectivity index (χ0) is 18.1. The molecule has 1 atom stereocenters. The van der Waals surface area contributed by atoms with Crippen LogP contribution in [0.25, 0.3) is 0 Å². The van der Waals surface area contributed by atoms with Crippen LogP contribution < -0.4 is 15.5 Å². The third-order valence-corrected chi connectivity index (χ3v) is 5.37. The molecule has 1 saturated heterocycles. The maximum atomic E-state index is 13.0. The lowest BCUT2D eigenvalue weighted by atomic mass is 9.87. The van der Waals surface area contributed by atoms with Crippen molar-refractivity contribution in [3.63, 3.8) is 0 Å². The average Bonchev–Trinajstić information content (AvgIpc) is 3.08. The van der Waals surface area contributed by atoms with Crippen LogP contribution in [0, 0.1) is 6.92 Å². The molecule has 1 fully saturated rings. The number of urea groups is 1. The van der Waals surface area contributed by atoms with Crippen LogP contribution in [0.15, 0.2) is 42.5 Å². The Hall–Kier alpha value is -2.82. The van der Waals surface area contributed by atoms with Gasteiger partial charge in [-0.2, -0.15) is 0 Å². The molecule has 26 heavy (non-hydrogen) atoms. The fraction of sp³-hybridized carbons (Fsp3) is 0.333. The molecule has 0 spiro atoms. The first kappa shape index (κ1) is 16.6. The Morgan fingerprint density at radius 2 is 2.04 bits per heavy atom. The molecule has 5 heteroatoms. The van der Waals surface area contributed by atoms with E-state index in [0.717, 1.165) is 30.5 Å². The Morgan fingerprint density at radius 1 is 1.19 bits per heavy atom. The van der Waals surface area contributed by atoms with Gasteiger partial charge in [-0.1, -0.05) is 30.3 Å². The average molecular weight is 349 g/mol. The number of carbonyl (C=O) groups is 2. The molecule has 1 aliphatic heterocycles. The number of hydrogen-bond acceptors (Lipinski definition) is 2. The fourth-order valence-corrected chi connectivity index (χ4v) is 4.00. The van der Waals surface area contributed by atoms with E-state index in [2.05, 4.69) is 28.8 Å². The third kappa shape index (κ3) is 2.94. The van der Waals surface area contributed by atoms with E-state index in [1.54, 1.807) is 4.90 Å². The molecule has 5 nitrogen and oxygen atoms in total. The van der Waals surface area contributed by atoms with E-state index in [1.807, 2.05) is 31.2 Å². The number of nitrogens with zero attached hydrogens (tertiary/aromatic N) is 1. The van der Waals surface area contributed by atoms with Crippen LogP contribution in [0.3, 0.4) is 0 Å². The summed E-state index contributed by atoms with van der Waals surface area (Å²) in [5, 5.41) is 6.01. The van der Waals surface area contributed by atoms with E-state index in [4.69, 9.17) is 0 Å². The molecular formula is C21H23N3O2. The van der Waals surface area contributed by atoms with Gasteiger partial charge in [0.25, 0.3) is 5.91 Å². The molecule has 2 aromatic carbocycles.